The minimum absolute atomic E-state index is 0.0146. The first-order chi connectivity index (χ1) is 14.9. The zero-order valence-corrected chi connectivity index (χ0v) is 17.6. The zero-order chi connectivity index (χ0) is 22.0. The maximum atomic E-state index is 12.9. The van der Waals surface area contributed by atoms with Crippen LogP contribution in [0.2, 0.25) is 0 Å². The van der Waals surface area contributed by atoms with E-state index >= 15 is 0 Å². The van der Waals surface area contributed by atoms with E-state index in [0.29, 0.717) is 48.7 Å². The molecule has 1 saturated heterocycles. The molecule has 1 fully saturated rings. The average Bonchev–Trinajstić information content (AvgIpc) is 2.78. The van der Waals surface area contributed by atoms with Gasteiger partial charge in [-0.25, -0.2) is 4.79 Å². The molecule has 7 nitrogen and oxygen atoms in total. The summed E-state index contributed by atoms with van der Waals surface area (Å²) >= 11 is 0. The molecular formula is C24H25NO6. The third kappa shape index (κ3) is 4.08. The number of fused-ring (bicyclic) bond motifs is 1. The number of carbonyl (C=O) groups excluding carboxylic acids is 1. The van der Waals surface area contributed by atoms with Crippen LogP contribution in [0.5, 0.6) is 17.2 Å². The number of benzene rings is 2. The number of rotatable bonds is 5. The number of carbonyl (C=O) groups is 2. The lowest BCUT2D eigenvalue weighted by Crippen LogP contribution is -2.50. The number of piperidine rings is 1. The van der Waals surface area contributed by atoms with Gasteiger partial charge in [-0.1, -0.05) is 24.3 Å². The Balaban J connectivity index is 1.46. The lowest BCUT2D eigenvalue weighted by atomic mass is 9.85. The maximum absolute atomic E-state index is 12.9. The molecule has 2 aliphatic rings. The predicted molar refractivity (Wildman–Crippen MR) is 114 cm³/mol. The summed E-state index contributed by atoms with van der Waals surface area (Å²) in [5.74, 6) is 0.829. The number of aliphatic carboxylic acids is 1. The number of carboxylic acid groups (broad SMARTS) is 1. The maximum Gasteiger partial charge on any atom is 0.336 e. The molecule has 1 N–H and O–H groups in total. The van der Waals surface area contributed by atoms with E-state index in [2.05, 4.69) is 0 Å². The van der Waals surface area contributed by atoms with Gasteiger partial charge in [0.25, 0.3) is 0 Å². The van der Waals surface area contributed by atoms with Crippen molar-refractivity contribution in [3.05, 3.63) is 59.7 Å². The van der Waals surface area contributed by atoms with E-state index in [0.717, 1.165) is 5.56 Å². The van der Waals surface area contributed by atoms with Crippen molar-refractivity contribution in [2.45, 2.75) is 24.9 Å². The summed E-state index contributed by atoms with van der Waals surface area (Å²) in [7, 11) is 3.14. The Hall–Kier alpha value is -3.48. The van der Waals surface area contributed by atoms with E-state index < -0.39 is 11.6 Å². The molecule has 4 rings (SSSR count). The van der Waals surface area contributed by atoms with Crippen LogP contribution in [0, 0.1) is 0 Å². The summed E-state index contributed by atoms with van der Waals surface area (Å²) in [6.45, 7) is 0.995. The highest BCUT2D eigenvalue weighted by Gasteiger charge is 2.40. The second kappa shape index (κ2) is 8.34. The van der Waals surface area contributed by atoms with Gasteiger partial charge >= 0.3 is 5.97 Å². The van der Waals surface area contributed by atoms with Gasteiger partial charge in [0.2, 0.25) is 5.91 Å². The SMILES string of the molecule is COc1ccc(CC(=O)N2CCC3(C=C(C(=O)O)c4ccccc4O3)CC2)cc1OC. The predicted octanol–water partition coefficient (Wildman–Crippen LogP) is 3.17. The highest BCUT2D eigenvalue weighted by atomic mass is 16.5. The standard InChI is InChI=1S/C24H25NO6/c1-29-20-8-7-16(13-21(20)30-2)14-22(26)25-11-9-24(10-12-25)15-18(23(27)28)17-5-3-4-6-19(17)31-24/h3-8,13,15H,9-12,14H2,1-2H3,(H,27,28). The Morgan fingerprint density at radius 2 is 1.77 bits per heavy atom. The average molecular weight is 423 g/mol. The number of hydrogen-bond acceptors (Lipinski definition) is 5. The molecule has 1 amide bonds. The smallest absolute Gasteiger partial charge is 0.336 e. The van der Waals surface area contributed by atoms with Gasteiger partial charge in [0, 0.05) is 31.5 Å². The molecule has 1 spiro atoms. The first kappa shape index (κ1) is 20.8. The van der Waals surface area contributed by atoms with Crippen LogP contribution in [-0.2, 0) is 16.0 Å². The molecule has 0 saturated carbocycles. The van der Waals surface area contributed by atoms with Crippen LogP contribution < -0.4 is 14.2 Å². The Morgan fingerprint density at radius 1 is 1.06 bits per heavy atom. The van der Waals surface area contributed by atoms with Gasteiger partial charge in [-0.3, -0.25) is 4.79 Å². The van der Waals surface area contributed by atoms with Gasteiger partial charge in [-0.05, 0) is 29.8 Å². The first-order valence-corrected chi connectivity index (χ1v) is 10.2. The number of likely N-dealkylation sites (tertiary alicyclic amines) is 1. The first-order valence-electron chi connectivity index (χ1n) is 10.2. The molecule has 0 atom stereocenters. The molecule has 162 valence electrons. The molecule has 0 aromatic heterocycles. The quantitative estimate of drug-likeness (QED) is 0.795. The number of amides is 1. The minimum atomic E-state index is -0.970. The number of nitrogens with zero attached hydrogens (tertiary/aromatic N) is 1. The Morgan fingerprint density at radius 3 is 2.45 bits per heavy atom. The second-order valence-corrected chi connectivity index (χ2v) is 7.77. The van der Waals surface area contributed by atoms with Gasteiger partial charge < -0.3 is 24.2 Å². The highest BCUT2D eigenvalue weighted by Crippen LogP contribution is 2.41. The van der Waals surface area contributed by atoms with Gasteiger partial charge in [0.05, 0.1) is 26.2 Å². The third-order valence-electron chi connectivity index (χ3n) is 5.89. The molecule has 31 heavy (non-hydrogen) atoms. The van der Waals surface area contributed by atoms with E-state index in [1.165, 1.54) is 0 Å². The number of methoxy groups -OCH3 is 2. The van der Waals surface area contributed by atoms with Gasteiger partial charge in [0.1, 0.15) is 11.4 Å². The van der Waals surface area contributed by atoms with Crippen molar-refractivity contribution in [2.75, 3.05) is 27.3 Å². The van der Waals surface area contributed by atoms with Crippen LogP contribution >= 0.6 is 0 Å². The normalized spacial score (nSPS) is 16.7. The third-order valence-corrected chi connectivity index (χ3v) is 5.89. The van der Waals surface area contributed by atoms with Crippen molar-refractivity contribution < 1.29 is 28.9 Å². The summed E-state index contributed by atoms with van der Waals surface area (Å²) in [6, 6.07) is 12.6. The van der Waals surface area contributed by atoms with Crippen molar-refractivity contribution in [3.63, 3.8) is 0 Å². The van der Waals surface area contributed by atoms with Crippen LogP contribution in [0.4, 0.5) is 0 Å². The number of hydrogen-bond donors (Lipinski definition) is 1. The van der Waals surface area contributed by atoms with Crippen molar-refractivity contribution in [3.8, 4) is 17.2 Å². The van der Waals surface area contributed by atoms with Gasteiger partial charge in [-0.15, -0.1) is 0 Å². The van der Waals surface area contributed by atoms with Crippen molar-refractivity contribution >= 4 is 17.4 Å². The van der Waals surface area contributed by atoms with Crippen LogP contribution in [-0.4, -0.2) is 54.8 Å². The largest absolute Gasteiger partial charge is 0.493 e. The summed E-state index contributed by atoms with van der Waals surface area (Å²) < 4.78 is 16.8. The molecule has 2 heterocycles. The molecular weight excluding hydrogens is 398 g/mol. The fourth-order valence-corrected chi connectivity index (χ4v) is 4.20. The van der Waals surface area contributed by atoms with Crippen LogP contribution in [0.15, 0.2) is 48.5 Å². The summed E-state index contributed by atoms with van der Waals surface area (Å²) in [4.78, 5) is 26.5. The van der Waals surface area contributed by atoms with E-state index in [1.807, 2.05) is 18.2 Å². The molecule has 7 heteroatoms. The highest BCUT2D eigenvalue weighted by molar-refractivity contribution is 6.16. The summed E-state index contributed by atoms with van der Waals surface area (Å²) in [5, 5.41) is 9.68. The number of ether oxygens (including phenoxy) is 3. The molecule has 0 unspecified atom stereocenters. The molecule has 0 aliphatic carbocycles. The van der Waals surface area contributed by atoms with E-state index in [4.69, 9.17) is 14.2 Å². The summed E-state index contributed by atoms with van der Waals surface area (Å²) in [5.41, 5.74) is 0.987. The van der Waals surface area contributed by atoms with E-state index in [9.17, 15) is 14.7 Å². The fraction of sp³-hybridized carbons (Fsp3) is 0.333. The topological polar surface area (TPSA) is 85.3 Å². The van der Waals surface area contributed by atoms with E-state index in [1.54, 1.807) is 49.5 Å². The molecule has 2 aliphatic heterocycles. The molecule has 2 aromatic rings. The van der Waals surface area contributed by atoms with Crippen molar-refractivity contribution in [2.24, 2.45) is 0 Å². The van der Waals surface area contributed by atoms with Gasteiger partial charge in [0.15, 0.2) is 11.5 Å². The van der Waals surface area contributed by atoms with Crippen molar-refractivity contribution in [1.82, 2.24) is 4.90 Å². The lowest BCUT2D eigenvalue weighted by molar-refractivity contribution is -0.134. The second-order valence-electron chi connectivity index (χ2n) is 7.77. The monoisotopic (exact) mass is 423 g/mol. The van der Waals surface area contributed by atoms with Crippen LogP contribution in [0.25, 0.3) is 5.57 Å². The van der Waals surface area contributed by atoms with E-state index in [-0.39, 0.29) is 17.9 Å². The van der Waals surface area contributed by atoms with Crippen LogP contribution in [0.3, 0.4) is 0 Å². The minimum Gasteiger partial charge on any atom is -0.493 e. The number of carboxylic acids is 1. The Bertz CT molecular complexity index is 1040. The number of para-hydroxylation sites is 1. The Labute approximate surface area is 180 Å². The van der Waals surface area contributed by atoms with Gasteiger partial charge in [-0.2, -0.15) is 0 Å². The van der Waals surface area contributed by atoms with Crippen LogP contribution in [0.1, 0.15) is 24.0 Å². The van der Waals surface area contributed by atoms with Crippen molar-refractivity contribution in [1.29, 1.82) is 0 Å². The summed E-state index contributed by atoms with van der Waals surface area (Å²) in [6.07, 6.45) is 3.05. The Kier molecular flexibility index (Phi) is 5.59. The molecule has 0 radical (unpaired) electrons. The fourth-order valence-electron chi connectivity index (χ4n) is 4.20. The molecule has 2 aromatic carbocycles. The lowest BCUT2D eigenvalue weighted by Gasteiger charge is -2.42. The molecule has 0 bridgehead atoms. The zero-order valence-electron chi connectivity index (χ0n) is 17.6.